The van der Waals surface area contributed by atoms with E-state index in [0.29, 0.717) is 0 Å². The minimum atomic E-state index is 0.0118. The third-order valence-electron chi connectivity index (χ3n) is 3.20. The summed E-state index contributed by atoms with van der Waals surface area (Å²) >= 11 is 0. The second kappa shape index (κ2) is 4.27. The molecule has 0 saturated heterocycles. The van der Waals surface area contributed by atoms with Gasteiger partial charge in [0.25, 0.3) is 0 Å². The van der Waals surface area contributed by atoms with E-state index >= 15 is 0 Å². The van der Waals surface area contributed by atoms with Gasteiger partial charge in [-0.1, -0.05) is 24.3 Å². The fourth-order valence-electron chi connectivity index (χ4n) is 2.29. The lowest BCUT2D eigenvalue weighted by atomic mass is 9.96. The van der Waals surface area contributed by atoms with Gasteiger partial charge in [0, 0.05) is 17.8 Å². The molecule has 1 unspecified atom stereocenters. The van der Waals surface area contributed by atoms with Crippen LogP contribution in [0.3, 0.4) is 0 Å². The average molecular weight is 237 g/mol. The van der Waals surface area contributed by atoms with Crippen molar-refractivity contribution in [3.8, 4) is 11.3 Å². The fraction of sp³-hybridized carbons (Fsp3) is 0.133. The van der Waals surface area contributed by atoms with Gasteiger partial charge in [0.05, 0.1) is 5.69 Å². The third kappa shape index (κ3) is 1.79. The van der Waals surface area contributed by atoms with Crippen molar-refractivity contribution in [2.75, 3.05) is 0 Å². The SMILES string of the molecule is CC(N)c1cc(-c2ccn[nH]2)cc2ccccc12. The number of rotatable bonds is 2. The zero-order valence-electron chi connectivity index (χ0n) is 10.2. The Labute approximate surface area is 106 Å². The highest BCUT2D eigenvalue weighted by Crippen LogP contribution is 2.29. The highest BCUT2D eigenvalue weighted by Gasteiger charge is 2.09. The lowest BCUT2D eigenvalue weighted by Gasteiger charge is -2.12. The Morgan fingerprint density at radius 2 is 2.00 bits per heavy atom. The van der Waals surface area contributed by atoms with Gasteiger partial charge in [-0.05, 0) is 41.5 Å². The van der Waals surface area contributed by atoms with Crippen LogP contribution in [-0.2, 0) is 0 Å². The number of H-pyrrole nitrogens is 1. The number of hydrogen-bond acceptors (Lipinski definition) is 2. The van der Waals surface area contributed by atoms with E-state index in [4.69, 9.17) is 5.73 Å². The van der Waals surface area contributed by atoms with Crippen molar-refractivity contribution in [2.24, 2.45) is 5.73 Å². The maximum atomic E-state index is 6.08. The van der Waals surface area contributed by atoms with Crippen LogP contribution in [0.4, 0.5) is 0 Å². The summed E-state index contributed by atoms with van der Waals surface area (Å²) in [6, 6.07) is 14.6. The van der Waals surface area contributed by atoms with Crippen molar-refractivity contribution in [3.63, 3.8) is 0 Å². The molecule has 2 aromatic carbocycles. The van der Waals surface area contributed by atoms with Gasteiger partial charge in [0.15, 0.2) is 0 Å². The Bertz CT molecular complexity index is 669. The summed E-state index contributed by atoms with van der Waals surface area (Å²) in [4.78, 5) is 0. The van der Waals surface area contributed by atoms with Crippen LogP contribution in [0.5, 0.6) is 0 Å². The summed E-state index contributed by atoms with van der Waals surface area (Å²) in [6.07, 6.45) is 1.76. The molecule has 3 N–H and O–H groups in total. The smallest absolute Gasteiger partial charge is 0.0650 e. The predicted octanol–water partition coefficient (Wildman–Crippen LogP) is 3.25. The Kier molecular flexibility index (Phi) is 2.61. The van der Waals surface area contributed by atoms with E-state index in [2.05, 4.69) is 34.5 Å². The number of nitrogens with zero attached hydrogens (tertiary/aromatic N) is 1. The van der Waals surface area contributed by atoms with Crippen molar-refractivity contribution >= 4 is 10.8 Å². The standard InChI is InChI=1S/C15H15N3/c1-10(16)14-9-12(15-6-7-17-18-15)8-11-4-2-3-5-13(11)14/h2-10H,16H2,1H3,(H,17,18). The Balaban J connectivity index is 2.30. The zero-order valence-corrected chi connectivity index (χ0v) is 10.2. The fourth-order valence-corrected chi connectivity index (χ4v) is 2.29. The molecule has 0 aliphatic carbocycles. The molecule has 0 saturated carbocycles. The molecule has 3 nitrogen and oxygen atoms in total. The van der Waals surface area contributed by atoms with E-state index < -0.39 is 0 Å². The second-order valence-electron chi connectivity index (χ2n) is 4.55. The summed E-state index contributed by atoms with van der Waals surface area (Å²) in [5.41, 5.74) is 9.38. The number of benzene rings is 2. The maximum absolute atomic E-state index is 6.08. The second-order valence-corrected chi connectivity index (χ2v) is 4.55. The van der Waals surface area contributed by atoms with E-state index in [9.17, 15) is 0 Å². The first-order valence-corrected chi connectivity index (χ1v) is 6.04. The van der Waals surface area contributed by atoms with Crippen LogP contribution in [0, 0.1) is 0 Å². The number of fused-ring (bicyclic) bond motifs is 1. The van der Waals surface area contributed by atoms with E-state index in [1.165, 1.54) is 10.8 Å². The summed E-state index contributed by atoms with van der Waals surface area (Å²) in [5.74, 6) is 0. The third-order valence-corrected chi connectivity index (χ3v) is 3.20. The van der Waals surface area contributed by atoms with Gasteiger partial charge in [-0.3, -0.25) is 5.10 Å². The summed E-state index contributed by atoms with van der Waals surface area (Å²) in [7, 11) is 0. The molecule has 0 bridgehead atoms. The summed E-state index contributed by atoms with van der Waals surface area (Å²) in [5, 5.41) is 9.41. The molecule has 3 heteroatoms. The molecule has 0 amide bonds. The first-order valence-electron chi connectivity index (χ1n) is 6.04. The van der Waals surface area contributed by atoms with Crippen LogP contribution in [0.1, 0.15) is 18.5 Å². The van der Waals surface area contributed by atoms with E-state index in [1.54, 1.807) is 6.20 Å². The number of nitrogens with one attached hydrogen (secondary N) is 1. The largest absolute Gasteiger partial charge is 0.324 e. The Hall–Kier alpha value is -2.13. The molecule has 0 radical (unpaired) electrons. The minimum absolute atomic E-state index is 0.0118. The number of aromatic amines is 1. The molecule has 0 aliphatic heterocycles. The van der Waals surface area contributed by atoms with Crippen molar-refractivity contribution in [2.45, 2.75) is 13.0 Å². The molecule has 0 aliphatic rings. The predicted molar refractivity (Wildman–Crippen MR) is 74.1 cm³/mol. The maximum Gasteiger partial charge on any atom is 0.0650 e. The average Bonchev–Trinajstić information content (AvgIpc) is 2.91. The first kappa shape index (κ1) is 11.0. The highest BCUT2D eigenvalue weighted by molar-refractivity contribution is 5.90. The van der Waals surface area contributed by atoms with Crippen molar-refractivity contribution in [3.05, 3.63) is 54.2 Å². The molecular formula is C15H15N3. The molecule has 18 heavy (non-hydrogen) atoms. The van der Waals surface area contributed by atoms with Gasteiger partial charge >= 0.3 is 0 Å². The van der Waals surface area contributed by atoms with Gasteiger partial charge in [-0.15, -0.1) is 0 Å². The molecule has 3 aromatic rings. The minimum Gasteiger partial charge on any atom is -0.324 e. The molecule has 3 rings (SSSR count). The Morgan fingerprint density at radius 1 is 1.17 bits per heavy atom. The van der Waals surface area contributed by atoms with Gasteiger partial charge in [0.1, 0.15) is 0 Å². The quantitative estimate of drug-likeness (QED) is 0.718. The van der Waals surface area contributed by atoms with Crippen LogP contribution in [0.25, 0.3) is 22.0 Å². The number of aromatic nitrogens is 2. The molecule has 0 fully saturated rings. The number of nitrogens with two attached hydrogens (primary N) is 1. The highest BCUT2D eigenvalue weighted by atomic mass is 15.1. The lowest BCUT2D eigenvalue weighted by Crippen LogP contribution is -2.05. The number of hydrogen-bond donors (Lipinski definition) is 2. The lowest BCUT2D eigenvalue weighted by molar-refractivity contribution is 0.827. The zero-order chi connectivity index (χ0) is 12.5. The van der Waals surface area contributed by atoms with E-state index in [-0.39, 0.29) is 6.04 Å². The van der Waals surface area contributed by atoms with Gasteiger partial charge < -0.3 is 5.73 Å². The molecule has 90 valence electrons. The van der Waals surface area contributed by atoms with Crippen LogP contribution in [0.2, 0.25) is 0 Å². The van der Waals surface area contributed by atoms with E-state index in [1.807, 2.05) is 25.1 Å². The van der Waals surface area contributed by atoms with Crippen molar-refractivity contribution in [1.82, 2.24) is 10.2 Å². The van der Waals surface area contributed by atoms with Gasteiger partial charge in [-0.25, -0.2) is 0 Å². The van der Waals surface area contributed by atoms with Crippen molar-refractivity contribution < 1.29 is 0 Å². The first-order chi connectivity index (χ1) is 8.75. The van der Waals surface area contributed by atoms with Crippen molar-refractivity contribution in [1.29, 1.82) is 0 Å². The monoisotopic (exact) mass is 237 g/mol. The molecule has 1 atom stereocenters. The normalized spacial score (nSPS) is 12.8. The molecule has 1 heterocycles. The van der Waals surface area contributed by atoms with Crippen LogP contribution in [-0.4, -0.2) is 10.2 Å². The van der Waals surface area contributed by atoms with Crippen LogP contribution < -0.4 is 5.73 Å². The Morgan fingerprint density at radius 3 is 2.72 bits per heavy atom. The van der Waals surface area contributed by atoms with E-state index in [0.717, 1.165) is 16.8 Å². The topological polar surface area (TPSA) is 54.7 Å². The van der Waals surface area contributed by atoms with Gasteiger partial charge in [-0.2, -0.15) is 5.10 Å². The summed E-state index contributed by atoms with van der Waals surface area (Å²) in [6.45, 7) is 2.01. The molecular weight excluding hydrogens is 222 g/mol. The summed E-state index contributed by atoms with van der Waals surface area (Å²) < 4.78 is 0. The van der Waals surface area contributed by atoms with Gasteiger partial charge in [0.2, 0.25) is 0 Å². The van der Waals surface area contributed by atoms with Crippen LogP contribution >= 0.6 is 0 Å². The van der Waals surface area contributed by atoms with Crippen LogP contribution in [0.15, 0.2) is 48.7 Å². The molecule has 1 aromatic heterocycles. The molecule has 0 spiro atoms.